The SMILES string of the molecule is Cc1cc(OCC(=O)Nc2ccc(N3CCCCC3)c(F)c2)ccc1Cl. The van der Waals surface area contributed by atoms with Crippen molar-refractivity contribution in [1.82, 2.24) is 0 Å². The van der Waals surface area contributed by atoms with Gasteiger partial charge in [0, 0.05) is 23.8 Å². The highest BCUT2D eigenvalue weighted by Gasteiger charge is 2.15. The van der Waals surface area contributed by atoms with Crippen LogP contribution in [0.3, 0.4) is 0 Å². The first kappa shape index (κ1) is 18.5. The van der Waals surface area contributed by atoms with Gasteiger partial charge in [-0.2, -0.15) is 0 Å². The molecule has 0 bridgehead atoms. The molecule has 6 heteroatoms. The van der Waals surface area contributed by atoms with Crippen LogP contribution in [0.15, 0.2) is 36.4 Å². The monoisotopic (exact) mass is 376 g/mol. The van der Waals surface area contributed by atoms with Crippen LogP contribution in [0.2, 0.25) is 5.02 Å². The molecule has 1 saturated heterocycles. The molecule has 26 heavy (non-hydrogen) atoms. The molecular weight excluding hydrogens is 355 g/mol. The molecule has 2 aromatic rings. The van der Waals surface area contributed by atoms with Gasteiger partial charge >= 0.3 is 0 Å². The lowest BCUT2D eigenvalue weighted by Gasteiger charge is -2.29. The molecule has 1 aliphatic heterocycles. The van der Waals surface area contributed by atoms with E-state index in [0.29, 0.717) is 22.1 Å². The number of ether oxygens (including phenoxy) is 1. The lowest BCUT2D eigenvalue weighted by molar-refractivity contribution is -0.118. The van der Waals surface area contributed by atoms with Crippen LogP contribution < -0.4 is 15.0 Å². The molecular formula is C20H22ClFN2O2. The number of nitrogens with zero attached hydrogens (tertiary/aromatic N) is 1. The van der Waals surface area contributed by atoms with E-state index in [1.54, 1.807) is 30.3 Å². The quantitative estimate of drug-likeness (QED) is 0.815. The standard InChI is InChI=1S/C20H22ClFN2O2/c1-14-11-16(6-7-17(14)21)26-13-20(25)23-15-5-8-19(18(22)12-15)24-9-3-2-4-10-24/h5-8,11-12H,2-4,9-10,13H2,1H3,(H,23,25). The normalized spacial score (nSPS) is 14.2. The summed E-state index contributed by atoms with van der Waals surface area (Å²) in [4.78, 5) is 14.1. The molecule has 0 aromatic heterocycles. The minimum Gasteiger partial charge on any atom is -0.484 e. The fraction of sp³-hybridized carbons (Fsp3) is 0.350. The van der Waals surface area contributed by atoms with Crippen LogP contribution in [0.4, 0.5) is 15.8 Å². The number of aryl methyl sites for hydroxylation is 1. The zero-order valence-corrected chi connectivity index (χ0v) is 15.5. The van der Waals surface area contributed by atoms with Crippen molar-refractivity contribution in [1.29, 1.82) is 0 Å². The van der Waals surface area contributed by atoms with Crippen molar-refractivity contribution in [3.05, 3.63) is 52.8 Å². The van der Waals surface area contributed by atoms with Crippen molar-refractivity contribution in [3.8, 4) is 5.75 Å². The summed E-state index contributed by atoms with van der Waals surface area (Å²) in [6, 6.07) is 9.99. The molecule has 0 aliphatic carbocycles. The molecule has 0 saturated carbocycles. The van der Waals surface area contributed by atoms with Crippen LogP contribution >= 0.6 is 11.6 Å². The smallest absolute Gasteiger partial charge is 0.262 e. The Labute approximate surface area is 157 Å². The summed E-state index contributed by atoms with van der Waals surface area (Å²) in [5, 5.41) is 3.31. The van der Waals surface area contributed by atoms with Crippen LogP contribution in [0.5, 0.6) is 5.75 Å². The topological polar surface area (TPSA) is 41.6 Å². The van der Waals surface area contributed by atoms with E-state index in [9.17, 15) is 9.18 Å². The molecule has 2 aromatic carbocycles. The highest BCUT2D eigenvalue weighted by molar-refractivity contribution is 6.31. The van der Waals surface area contributed by atoms with E-state index < -0.39 is 0 Å². The summed E-state index contributed by atoms with van der Waals surface area (Å²) in [7, 11) is 0. The van der Waals surface area contributed by atoms with Gasteiger partial charge in [-0.25, -0.2) is 4.39 Å². The van der Waals surface area contributed by atoms with Crippen molar-refractivity contribution < 1.29 is 13.9 Å². The van der Waals surface area contributed by atoms with Crippen molar-refractivity contribution >= 4 is 28.9 Å². The van der Waals surface area contributed by atoms with E-state index in [0.717, 1.165) is 31.5 Å². The number of hydrogen-bond donors (Lipinski definition) is 1. The van der Waals surface area contributed by atoms with Gasteiger partial charge in [-0.05, 0) is 68.1 Å². The number of nitrogens with one attached hydrogen (secondary N) is 1. The Hall–Kier alpha value is -2.27. The number of halogens is 2. The lowest BCUT2D eigenvalue weighted by atomic mass is 10.1. The van der Waals surface area contributed by atoms with Crippen molar-refractivity contribution in [2.45, 2.75) is 26.2 Å². The molecule has 3 rings (SSSR count). The predicted molar refractivity (Wildman–Crippen MR) is 103 cm³/mol. The van der Waals surface area contributed by atoms with E-state index in [2.05, 4.69) is 10.2 Å². The van der Waals surface area contributed by atoms with E-state index >= 15 is 0 Å². The second-order valence-corrected chi connectivity index (χ2v) is 6.87. The van der Waals surface area contributed by atoms with Crippen LogP contribution in [-0.2, 0) is 4.79 Å². The van der Waals surface area contributed by atoms with Crippen molar-refractivity contribution in [3.63, 3.8) is 0 Å². The predicted octanol–water partition coefficient (Wildman–Crippen LogP) is 4.80. The van der Waals surface area contributed by atoms with E-state index in [1.807, 2.05) is 6.92 Å². The Morgan fingerprint density at radius 3 is 2.65 bits per heavy atom. The second-order valence-electron chi connectivity index (χ2n) is 6.46. The van der Waals surface area contributed by atoms with Gasteiger partial charge in [-0.15, -0.1) is 0 Å². The number of benzene rings is 2. The minimum atomic E-state index is -0.345. The van der Waals surface area contributed by atoms with Crippen LogP contribution in [0, 0.1) is 12.7 Å². The van der Waals surface area contributed by atoms with Crippen LogP contribution in [0.1, 0.15) is 24.8 Å². The summed E-state index contributed by atoms with van der Waals surface area (Å²) in [5.74, 6) is -0.102. The number of anilines is 2. The summed E-state index contributed by atoms with van der Waals surface area (Å²) in [5.41, 5.74) is 1.89. The first-order valence-corrected chi connectivity index (χ1v) is 9.14. The molecule has 1 aliphatic rings. The molecule has 4 nitrogen and oxygen atoms in total. The number of hydrogen-bond acceptors (Lipinski definition) is 3. The summed E-state index contributed by atoms with van der Waals surface area (Å²) in [6.45, 7) is 3.45. The van der Waals surface area contributed by atoms with Crippen molar-refractivity contribution in [2.75, 3.05) is 29.9 Å². The summed E-state index contributed by atoms with van der Waals surface area (Å²) >= 11 is 5.96. The van der Waals surface area contributed by atoms with Gasteiger partial charge in [-0.1, -0.05) is 11.6 Å². The van der Waals surface area contributed by atoms with Crippen LogP contribution in [-0.4, -0.2) is 25.6 Å². The Morgan fingerprint density at radius 2 is 1.96 bits per heavy atom. The van der Waals surface area contributed by atoms with E-state index in [4.69, 9.17) is 16.3 Å². The van der Waals surface area contributed by atoms with E-state index in [1.165, 1.54) is 12.5 Å². The highest BCUT2D eigenvalue weighted by Crippen LogP contribution is 2.26. The first-order chi connectivity index (χ1) is 12.5. The Kier molecular flexibility index (Phi) is 5.99. The minimum absolute atomic E-state index is 0.156. The van der Waals surface area contributed by atoms with Crippen LogP contribution in [0.25, 0.3) is 0 Å². The number of amides is 1. The molecule has 0 atom stereocenters. The fourth-order valence-corrected chi connectivity index (χ4v) is 3.15. The molecule has 1 amide bonds. The molecule has 0 spiro atoms. The molecule has 1 heterocycles. The highest BCUT2D eigenvalue weighted by atomic mass is 35.5. The Balaban J connectivity index is 1.56. The van der Waals surface area contributed by atoms with E-state index in [-0.39, 0.29) is 18.3 Å². The largest absolute Gasteiger partial charge is 0.484 e. The third kappa shape index (κ3) is 4.67. The maximum Gasteiger partial charge on any atom is 0.262 e. The first-order valence-electron chi connectivity index (χ1n) is 8.76. The second kappa shape index (κ2) is 8.41. The average Bonchev–Trinajstić information content (AvgIpc) is 2.63. The van der Waals surface area contributed by atoms with Gasteiger partial charge in [0.25, 0.3) is 5.91 Å². The number of carbonyl (C=O) groups excluding carboxylic acids is 1. The summed E-state index contributed by atoms with van der Waals surface area (Å²) in [6.07, 6.45) is 3.36. The molecule has 1 fully saturated rings. The van der Waals surface area contributed by atoms with Gasteiger partial charge in [0.1, 0.15) is 11.6 Å². The maximum absolute atomic E-state index is 14.4. The number of piperidine rings is 1. The van der Waals surface area contributed by atoms with Gasteiger partial charge in [0.2, 0.25) is 0 Å². The summed E-state index contributed by atoms with van der Waals surface area (Å²) < 4.78 is 19.8. The molecule has 1 N–H and O–H groups in total. The molecule has 0 radical (unpaired) electrons. The van der Waals surface area contributed by atoms with Gasteiger partial charge in [-0.3, -0.25) is 4.79 Å². The third-order valence-electron chi connectivity index (χ3n) is 4.43. The average molecular weight is 377 g/mol. The zero-order valence-electron chi connectivity index (χ0n) is 14.7. The third-order valence-corrected chi connectivity index (χ3v) is 4.85. The zero-order chi connectivity index (χ0) is 18.5. The van der Waals surface area contributed by atoms with Gasteiger partial charge in [0.05, 0.1) is 5.69 Å². The number of carbonyl (C=O) groups is 1. The molecule has 0 unspecified atom stereocenters. The molecule has 138 valence electrons. The van der Waals surface area contributed by atoms with Gasteiger partial charge < -0.3 is 15.0 Å². The fourth-order valence-electron chi connectivity index (χ4n) is 3.03. The van der Waals surface area contributed by atoms with Gasteiger partial charge in [0.15, 0.2) is 6.61 Å². The lowest BCUT2D eigenvalue weighted by Crippen LogP contribution is -2.30. The maximum atomic E-state index is 14.4. The Bertz CT molecular complexity index is 791. The Morgan fingerprint density at radius 1 is 1.19 bits per heavy atom. The number of rotatable bonds is 5. The van der Waals surface area contributed by atoms with Crippen molar-refractivity contribution in [2.24, 2.45) is 0 Å².